The number of benzene rings is 2. The first-order chi connectivity index (χ1) is 12.8. The lowest BCUT2D eigenvalue weighted by Crippen LogP contribution is -2.10. The minimum Gasteiger partial charge on any atom is -0.326 e. The second kappa shape index (κ2) is 9.15. The Morgan fingerprint density at radius 1 is 1.15 bits per heavy atom. The van der Waals surface area contributed by atoms with Crippen molar-refractivity contribution < 1.29 is 4.79 Å². The number of unbranched alkanes of at least 4 members (excludes halogenated alkanes) is 1. The molecule has 1 amide bonds. The third-order valence-corrected chi connectivity index (χ3v) is 4.77. The van der Waals surface area contributed by atoms with Gasteiger partial charge in [0.2, 0.25) is 5.91 Å². The maximum atomic E-state index is 11.9. The number of carbonyl (C=O) groups is 1. The summed E-state index contributed by atoms with van der Waals surface area (Å²) in [7, 11) is 0. The molecule has 0 fully saturated rings. The predicted octanol–water partition coefficient (Wildman–Crippen LogP) is 4.08. The van der Waals surface area contributed by atoms with Gasteiger partial charge in [-0.3, -0.25) is 4.79 Å². The van der Waals surface area contributed by atoms with E-state index in [1.165, 1.54) is 0 Å². The van der Waals surface area contributed by atoms with Crippen molar-refractivity contribution in [3.05, 3.63) is 60.4 Å². The SMILES string of the molecule is CCCCC(=O)Nc1cccc(SCc2nnnn2-c2ccccc2)c1. The van der Waals surface area contributed by atoms with Crippen LogP contribution < -0.4 is 5.32 Å². The highest BCUT2D eigenvalue weighted by molar-refractivity contribution is 7.98. The summed E-state index contributed by atoms with van der Waals surface area (Å²) < 4.78 is 1.74. The van der Waals surface area contributed by atoms with Gasteiger partial charge in [-0.2, -0.15) is 4.68 Å². The van der Waals surface area contributed by atoms with Crippen molar-refractivity contribution in [3.8, 4) is 5.69 Å². The highest BCUT2D eigenvalue weighted by atomic mass is 32.2. The Morgan fingerprint density at radius 2 is 2.00 bits per heavy atom. The van der Waals surface area contributed by atoms with Crippen LogP contribution >= 0.6 is 11.8 Å². The number of nitrogens with one attached hydrogen (secondary N) is 1. The lowest BCUT2D eigenvalue weighted by atomic mass is 10.2. The van der Waals surface area contributed by atoms with E-state index in [0.29, 0.717) is 12.2 Å². The Hall–Kier alpha value is -2.67. The smallest absolute Gasteiger partial charge is 0.224 e. The molecule has 1 heterocycles. The van der Waals surface area contributed by atoms with Gasteiger partial charge in [0.15, 0.2) is 5.82 Å². The Morgan fingerprint density at radius 3 is 2.81 bits per heavy atom. The van der Waals surface area contributed by atoms with Crippen LogP contribution in [0.3, 0.4) is 0 Å². The number of aromatic nitrogens is 4. The van der Waals surface area contributed by atoms with Crippen molar-refractivity contribution >= 4 is 23.4 Å². The van der Waals surface area contributed by atoms with Crippen LogP contribution in [0.2, 0.25) is 0 Å². The van der Waals surface area contributed by atoms with E-state index < -0.39 is 0 Å². The lowest BCUT2D eigenvalue weighted by molar-refractivity contribution is -0.116. The Balaban J connectivity index is 1.63. The molecule has 6 nitrogen and oxygen atoms in total. The van der Waals surface area contributed by atoms with Gasteiger partial charge in [0.25, 0.3) is 0 Å². The number of amides is 1. The maximum Gasteiger partial charge on any atom is 0.224 e. The molecule has 0 unspecified atom stereocenters. The number of para-hydroxylation sites is 1. The molecule has 1 aromatic heterocycles. The number of hydrogen-bond donors (Lipinski definition) is 1. The van der Waals surface area contributed by atoms with E-state index in [2.05, 4.69) is 27.8 Å². The number of rotatable bonds is 8. The van der Waals surface area contributed by atoms with Gasteiger partial charge in [0.1, 0.15) is 0 Å². The highest BCUT2D eigenvalue weighted by Gasteiger charge is 2.09. The van der Waals surface area contributed by atoms with Crippen molar-refractivity contribution in [3.63, 3.8) is 0 Å². The fraction of sp³-hybridized carbons (Fsp3) is 0.263. The topological polar surface area (TPSA) is 72.7 Å². The molecule has 0 atom stereocenters. The molecule has 0 aliphatic carbocycles. The average molecular weight is 367 g/mol. The molecule has 0 aliphatic rings. The molecular weight excluding hydrogens is 346 g/mol. The van der Waals surface area contributed by atoms with Gasteiger partial charge in [-0.1, -0.05) is 37.6 Å². The van der Waals surface area contributed by atoms with Crippen LogP contribution in [0.15, 0.2) is 59.5 Å². The number of nitrogens with zero attached hydrogens (tertiary/aromatic N) is 4. The largest absolute Gasteiger partial charge is 0.326 e. The van der Waals surface area contributed by atoms with Crippen molar-refractivity contribution in [2.24, 2.45) is 0 Å². The molecule has 3 rings (SSSR count). The van der Waals surface area contributed by atoms with E-state index in [1.54, 1.807) is 16.4 Å². The number of carbonyl (C=O) groups excluding carboxylic acids is 1. The highest BCUT2D eigenvalue weighted by Crippen LogP contribution is 2.25. The summed E-state index contributed by atoms with van der Waals surface area (Å²) >= 11 is 1.63. The zero-order chi connectivity index (χ0) is 18.2. The molecule has 0 saturated heterocycles. The van der Waals surface area contributed by atoms with E-state index in [1.807, 2.05) is 54.6 Å². The molecule has 0 bridgehead atoms. The molecule has 2 aromatic carbocycles. The summed E-state index contributed by atoms with van der Waals surface area (Å²) in [4.78, 5) is 12.9. The van der Waals surface area contributed by atoms with Crippen LogP contribution in [0, 0.1) is 0 Å². The first-order valence-corrected chi connectivity index (χ1v) is 9.60. The van der Waals surface area contributed by atoms with Gasteiger partial charge >= 0.3 is 0 Å². The number of tetrazole rings is 1. The van der Waals surface area contributed by atoms with Crippen LogP contribution in [0.25, 0.3) is 5.69 Å². The van der Waals surface area contributed by atoms with Gasteiger partial charge in [-0.15, -0.1) is 16.9 Å². The average Bonchev–Trinajstić information content (AvgIpc) is 3.14. The Labute approximate surface area is 157 Å². The van der Waals surface area contributed by atoms with Crippen LogP contribution in [-0.4, -0.2) is 26.1 Å². The summed E-state index contributed by atoms with van der Waals surface area (Å²) in [5.74, 6) is 1.47. The summed E-state index contributed by atoms with van der Waals surface area (Å²) in [6, 6.07) is 17.7. The van der Waals surface area contributed by atoms with Crippen molar-refractivity contribution in [1.82, 2.24) is 20.2 Å². The van der Waals surface area contributed by atoms with Crippen molar-refractivity contribution in [2.45, 2.75) is 36.8 Å². The fourth-order valence-electron chi connectivity index (χ4n) is 2.44. The quantitative estimate of drug-likeness (QED) is 0.607. The molecular formula is C19H21N5OS. The van der Waals surface area contributed by atoms with Gasteiger partial charge in [0.05, 0.1) is 11.4 Å². The normalized spacial score (nSPS) is 10.7. The maximum absolute atomic E-state index is 11.9. The summed E-state index contributed by atoms with van der Waals surface area (Å²) in [5.41, 5.74) is 1.75. The monoisotopic (exact) mass is 367 g/mol. The molecule has 0 radical (unpaired) electrons. The zero-order valence-corrected chi connectivity index (χ0v) is 15.4. The molecule has 134 valence electrons. The number of hydrogen-bond acceptors (Lipinski definition) is 5. The summed E-state index contributed by atoms with van der Waals surface area (Å²) in [6.07, 6.45) is 2.47. The lowest BCUT2D eigenvalue weighted by Gasteiger charge is -2.07. The first kappa shape index (κ1) is 18.1. The second-order valence-corrected chi connectivity index (χ2v) is 6.86. The third kappa shape index (κ3) is 4.92. The van der Waals surface area contributed by atoms with Gasteiger partial charge < -0.3 is 5.32 Å². The van der Waals surface area contributed by atoms with Crippen LogP contribution in [0.4, 0.5) is 5.69 Å². The minimum absolute atomic E-state index is 0.0574. The summed E-state index contributed by atoms with van der Waals surface area (Å²) in [5, 5.41) is 14.9. The van der Waals surface area contributed by atoms with E-state index >= 15 is 0 Å². The van der Waals surface area contributed by atoms with E-state index in [4.69, 9.17) is 0 Å². The van der Waals surface area contributed by atoms with Gasteiger partial charge in [-0.25, -0.2) is 0 Å². The van der Waals surface area contributed by atoms with E-state index in [-0.39, 0.29) is 5.91 Å². The Bertz CT molecular complexity index is 850. The summed E-state index contributed by atoms with van der Waals surface area (Å²) in [6.45, 7) is 2.08. The van der Waals surface area contributed by atoms with Crippen molar-refractivity contribution in [2.75, 3.05) is 5.32 Å². The standard InChI is InChI=1S/C19H21N5OS/c1-2-3-12-19(25)20-15-8-7-11-17(13-15)26-14-18-21-22-23-24(18)16-9-5-4-6-10-16/h4-11,13H,2-3,12,14H2,1H3,(H,20,25). The van der Waals surface area contributed by atoms with Crippen LogP contribution in [-0.2, 0) is 10.5 Å². The first-order valence-electron chi connectivity index (χ1n) is 8.61. The number of anilines is 1. The van der Waals surface area contributed by atoms with Gasteiger partial charge in [-0.05, 0) is 47.2 Å². The van der Waals surface area contributed by atoms with Crippen LogP contribution in [0.1, 0.15) is 32.0 Å². The van der Waals surface area contributed by atoms with Crippen LogP contribution in [0.5, 0.6) is 0 Å². The molecule has 0 aliphatic heterocycles. The second-order valence-electron chi connectivity index (χ2n) is 5.81. The van der Waals surface area contributed by atoms with E-state index in [0.717, 1.165) is 34.9 Å². The van der Waals surface area contributed by atoms with E-state index in [9.17, 15) is 4.79 Å². The third-order valence-electron chi connectivity index (χ3n) is 3.78. The zero-order valence-electron chi connectivity index (χ0n) is 14.6. The molecule has 26 heavy (non-hydrogen) atoms. The molecule has 0 saturated carbocycles. The molecule has 1 N–H and O–H groups in total. The molecule has 0 spiro atoms. The van der Waals surface area contributed by atoms with Gasteiger partial charge in [0, 0.05) is 17.0 Å². The molecule has 3 aromatic rings. The fourth-order valence-corrected chi connectivity index (χ4v) is 3.30. The minimum atomic E-state index is 0.0574. The predicted molar refractivity (Wildman–Crippen MR) is 103 cm³/mol. The number of thioether (sulfide) groups is 1. The Kier molecular flexibility index (Phi) is 6.38. The van der Waals surface area contributed by atoms with Crippen molar-refractivity contribution in [1.29, 1.82) is 0 Å². The molecule has 7 heteroatoms.